The number of Topliss-reactive ketones (excluding diaryl/α,β-unsaturated/α-hetero) is 1. The molecule has 0 radical (unpaired) electrons. The van der Waals surface area contributed by atoms with Gasteiger partial charge in [-0.3, -0.25) is 4.79 Å². The molecule has 27 heavy (non-hydrogen) atoms. The Morgan fingerprint density at radius 1 is 1.15 bits per heavy atom. The molecule has 0 aliphatic heterocycles. The minimum atomic E-state index is -1.25. The van der Waals surface area contributed by atoms with Crippen LogP contribution < -0.4 is 34.7 Å². The molecule has 4 aliphatic rings. The number of ketones is 1. The van der Waals surface area contributed by atoms with Crippen molar-refractivity contribution in [2.45, 2.75) is 65.2 Å². The Morgan fingerprint density at radius 2 is 1.89 bits per heavy atom. The molecule has 0 N–H and O–H groups in total. The number of carboxylic acid groups (broad SMARTS) is 1. The van der Waals surface area contributed by atoms with E-state index in [1.807, 2.05) is 0 Å². The second-order valence-corrected chi connectivity index (χ2v) is 9.15. The van der Waals surface area contributed by atoms with Crippen LogP contribution in [0.2, 0.25) is 0 Å². The topological polar surface area (TPSA) is 78.8 Å². The van der Waals surface area contributed by atoms with Gasteiger partial charge >= 0.3 is 29.6 Å². The Hall–Kier alpha value is -0.650. The monoisotopic (exact) mass is 381 g/mol. The zero-order valence-corrected chi connectivity index (χ0v) is 18.8. The summed E-state index contributed by atoms with van der Waals surface area (Å²) in [5, 5.41) is 14.5. The van der Waals surface area contributed by atoms with Crippen molar-refractivity contribution in [1.29, 1.82) is 0 Å². The van der Waals surface area contributed by atoms with E-state index in [9.17, 15) is 14.7 Å². The van der Waals surface area contributed by atoms with Crippen LogP contribution in [0, 0.1) is 28.6 Å². The summed E-state index contributed by atoms with van der Waals surface area (Å²) < 4.78 is 0. The number of fused-ring (bicyclic) bond motifs is 5. The first kappa shape index (κ1) is 21.1. The van der Waals surface area contributed by atoms with Gasteiger partial charge in [0.05, 0.1) is 11.7 Å². The number of hydrogen-bond donors (Lipinski definition) is 0. The van der Waals surface area contributed by atoms with E-state index in [0.29, 0.717) is 23.5 Å². The van der Waals surface area contributed by atoms with Crippen molar-refractivity contribution in [2.24, 2.45) is 33.7 Å². The Kier molecular flexibility index (Phi) is 5.96. The first-order chi connectivity index (χ1) is 12.3. The Bertz CT molecular complexity index is 702. The van der Waals surface area contributed by atoms with Crippen molar-refractivity contribution in [2.75, 3.05) is 6.61 Å². The van der Waals surface area contributed by atoms with Gasteiger partial charge in [-0.15, -0.1) is 0 Å². The van der Waals surface area contributed by atoms with E-state index in [1.54, 1.807) is 0 Å². The minimum Gasteiger partial charge on any atom is -0.546 e. The average molecular weight is 381 g/mol. The molecule has 0 amide bonds. The number of rotatable bonds is 3. The number of nitrogens with zero attached hydrogens (tertiary/aromatic N) is 1. The molecule has 3 unspecified atom stereocenters. The van der Waals surface area contributed by atoms with Crippen molar-refractivity contribution in [3.63, 3.8) is 0 Å². The van der Waals surface area contributed by atoms with Gasteiger partial charge in [0.25, 0.3) is 0 Å². The predicted molar refractivity (Wildman–Crippen MR) is 95.1 cm³/mol. The van der Waals surface area contributed by atoms with Crippen LogP contribution >= 0.6 is 0 Å². The van der Waals surface area contributed by atoms with Gasteiger partial charge in [-0.25, -0.2) is 0 Å². The van der Waals surface area contributed by atoms with E-state index in [4.69, 9.17) is 4.84 Å². The van der Waals surface area contributed by atoms with Crippen molar-refractivity contribution in [3.05, 3.63) is 11.6 Å². The summed E-state index contributed by atoms with van der Waals surface area (Å²) in [6.07, 6.45) is 10.2. The van der Waals surface area contributed by atoms with Crippen molar-refractivity contribution in [3.8, 4) is 0 Å². The number of carbonyl (C=O) groups excluding carboxylic acids is 2. The molecule has 0 heterocycles. The molecule has 4 rings (SSSR count). The molecule has 0 saturated heterocycles. The van der Waals surface area contributed by atoms with Crippen molar-refractivity contribution in [1.82, 2.24) is 0 Å². The fourth-order valence-corrected chi connectivity index (χ4v) is 6.58. The molecular weight excluding hydrogens is 353 g/mol. The molecule has 5 atom stereocenters. The van der Waals surface area contributed by atoms with Crippen LogP contribution in [-0.4, -0.2) is 24.1 Å². The minimum absolute atomic E-state index is 0. The van der Waals surface area contributed by atoms with Gasteiger partial charge in [0, 0.05) is 11.8 Å². The van der Waals surface area contributed by atoms with Crippen LogP contribution in [0.15, 0.2) is 16.8 Å². The maximum atomic E-state index is 12.5. The number of carboxylic acids is 1. The van der Waals surface area contributed by atoms with E-state index >= 15 is 0 Å². The predicted octanol–water partition coefficient (Wildman–Crippen LogP) is -0.355. The molecule has 0 aromatic rings. The third kappa shape index (κ3) is 3.44. The Morgan fingerprint density at radius 3 is 2.63 bits per heavy atom. The standard InChI is InChI=1S/C21H29NO4.Na/c1-20-9-7-14(22-26-12-19(24)25)11-13(20)3-4-15-16-5-6-18(23)21(16,2)10-8-17(15)20;/h11,15-17H,3-10,12H2,1-2H3,(H,24,25);/q;+1/p-1/b22-14-;/t15?,16?,17?,20-,21-;/m0./s1. The summed E-state index contributed by atoms with van der Waals surface area (Å²) in [5.41, 5.74) is 2.39. The molecule has 0 aromatic heterocycles. The molecule has 3 fully saturated rings. The summed E-state index contributed by atoms with van der Waals surface area (Å²) in [6.45, 7) is 4.12. The molecule has 142 valence electrons. The molecule has 5 nitrogen and oxygen atoms in total. The van der Waals surface area contributed by atoms with Gasteiger partial charge in [0.15, 0.2) is 6.61 Å². The third-order valence-electron chi connectivity index (χ3n) is 8.05. The number of oxime groups is 1. The van der Waals surface area contributed by atoms with E-state index in [1.165, 1.54) is 5.57 Å². The van der Waals surface area contributed by atoms with E-state index in [0.717, 1.165) is 57.1 Å². The summed E-state index contributed by atoms with van der Waals surface area (Å²) in [6, 6.07) is 0. The van der Waals surface area contributed by atoms with E-state index in [-0.39, 0.29) is 40.4 Å². The number of carbonyl (C=O) groups is 2. The quantitative estimate of drug-likeness (QED) is 0.494. The van der Waals surface area contributed by atoms with Crippen LogP contribution in [0.3, 0.4) is 0 Å². The normalized spacial score (nSPS) is 41.7. The zero-order valence-electron chi connectivity index (χ0n) is 16.8. The first-order valence-electron chi connectivity index (χ1n) is 9.97. The van der Waals surface area contributed by atoms with Gasteiger partial charge in [-0.2, -0.15) is 0 Å². The second kappa shape index (κ2) is 7.64. The summed E-state index contributed by atoms with van der Waals surface area (Å²) in [4.78, 5) is 27.8. The zero-order chi connectivity index (χ0) is 18.5. The van der Waals surface area contributed by atoms with E-state index < -0.39 is 12.6 Å². The second-order valence-electron chi connectivity index (χ2n) is 9.15. The summed E-state index contributed by atoms with van der Waals surface area (Å²) >= 11 is 0. The van der Waals surface area contributed by atoms with Gasteiger partial charge in [0.1, 0.15) is 5.78 Å². The Labute approximate surface area is 183 Å². The largest absolute Gasteiger partial charge is 1.00 e. The van der Waals surface area contributed by atoms with Crippen LogP contribution in [0.5, 0.6) is 0 Å². The van der Waals surface area contributed by atoms with Gasteiger partial charge in [-0.05, 0) is 74.2 Å². The molecule has 3 saturated carbocycles. The molecule has 6 heteroatoms. The molecule has 0 bridgehead atoms. The molecule has 4 aliphatic carbocycles. The average Bonchev–Trinajstić information content (AvgIpc) is 2.90. The van der Waals surface area contributed by atoms with Crippen LogP contribution in [-0.2, 0) is 14.4 Å². The maximum absolute atomic E-state index is 12.5. The van der Waals surface area contributed by atoms with E-state index in [2.05, 4.69) is 25.1 Å². The van der Waals surface area contributed by atoms with Gasteiger partial charge < -0.3 is 14.7 Å². The van der Waals surface area contributed by atoms with Crippen molar-refractivity contribution >= 4 is 17.5 Å². The Balaban J connectivity index is 0.00000210. The maximum Gasteiger partial charge on any atom is 1.00 e. The van der Waals surface area contributed by atoms with Crippen LogP contribution in [0.4, 0.5) is 0 Å². The van der Waals surface area contributed by atoms with Crippen molar-refractivity contribution < 1.29 is 49.1 Å². The number of allylic oxidation sites excluding steroid dienone is 2. The summed E-state index contributed by atoms with van der Waals surface area (Å²) in [7, 11) is 0. The van der Waals surface area contributed by atoms with Gasteiger partial charge in [-0.1, -0.05) is 24.6 Å². The smallest absolute Gasteiger partial charge is 0.546 e. The number of hydrogen-bond acceptors (Lipinski definition) is 5. The number of aliphatic carboxylic acids is 1. The SMILES string of the molecule is C[C@]12CC/C(=N/OCC(=O)[O-])C=C1CCC1C2CC[C@]2(C)C(=O)CCC12.[Na+]. The summed E-state index contributed by atoms with van der Waals surface area (Å²) in [5.74, 6) is 1.12. The molecule has 0 spiro atoms. The van der Waals surface area contributed by atoms with Gasteiger partial charge in [0.2, 0.25) is 0 Å². The fraction of sp³-hybridized carbons (Fsp3) is 0.762. The van der Waals surface area contributed by atoms with Crippen LogP contribution in [0.25, 0.3) is 0 Å². The fourth-order valence-electron chi connectivity index (χ4n) is 6.58. The third-order valence-corrected chi connectivity index (χ3v) is 8.05. The molecule has 0 aromatic carbocycles. The first-order valence-corrected chi connectivity index (χ1v) is 9.97. The van der Waals surface area contributed by atoms with Crippen LogP contribution in [0.1, 0.15) is 65.2 Å². The molecular formula is C21H28NNaO4.